The summed E-state index contributed by atoms with van der Waals surface area (Å²) in [5.74, 6) is -0.653. The van der Waals surface area contributed by atoms with E-state index in [2.05, 4.69) is 0 Å². The van der Waals surface area contributed by atoms with Crippen LogP contribution < -0.4 is 4.90 Å². The molecule has 1 saturated heterocycles. The summed E-state index contributed by atoms with van der Waals surface area (Å²) in [5, 5.41) is 0.921. The monoisotopic (exact) mass is 317 g/mol. The van der Waals surface area contributed by atoms with Crippen LogP contribution in [0.3, 0.4) is 0 Å². The van der Waals surface area contributed by atoms with Crippen molar-refractivity contribution in [1.82, 2.24) is 0 Å². The summed E-state index contributed by atoms with van der Waals surface area (Å²) in [4.78, 5) is 25.6. The first kappa shape index (κ1) is 14.7. The molecule has 1 aromatic carbocycles. The SMILES string of the molecule is CSC(C)C1CC(=O)N(c2cc(Cl)cc(Cl)c2)C1=O. The number of carbonyl (C=O) groups is 2. The van der Waals surface area contributed by atoms with Crippen LogP contribution in [0.2, 0.25) is 10.0 Å². The summed E-state index contributed by atoms with van der Waals surface area (Å²) in [6.07, 6.45) is 2.17. The highest BCUT2D eigenvalue weighted by Gasteiger charge is 2.42. The minimum atomic E-state index is -0.278. The van der Waals surface area contributed by atoms with E-state index in [0.29, 0.717) is 15.7 Å². The molecule has 1 aliphatic rings. The van der Waals surface area contributed by atoms with Gasteiger partial charge >= 0.3 is 0 Å². The second kappa shape index (κ2) is 5.73. The van der Waals surface area contributed by atoms with Crippen LogP contribution in [0.5, 0.6) is 0 Å². The molecule has 19 heavy (non-hydrogen) atoms. The lowest BCUT2D eigenvalue weighted by molar-refractivity contribution is -0.122. The summed E-state index contributed by atoms with van der Waals surface area (Å²) in [5.41, 5.74) is 0.448. The molecule has 6 heteroatoms. The zero-order valence-corrected chi connectivity index (χ0v) is 12.9. The van der Waals surface area contributed by atoms with Gasteiger partial charge in [-0.15, -0.1) is 0 Å². The minimum absolute atomic E-state index is 0.108. The number of anilines is 1. The van der Waals surface area contributed by atoms with Crippen molar-refractivity contribution >= 4 is 52.5 Å². The summed E-state index contributed by atoms with van der Waals surface area (Å²) < 4.78 is 0. The molecule has 0 bridgehead atoms. The number of hydrogen-bond donors (Lipinski definition) is 0. The Hall–Kier alpha value is -0.710. The number of imide groups is 1. The van der Waals surface area contributed by atoms with E-state index in [1.165, 1.54) is 4.90 Å². The molecular weight excluding hydrogens is 305 g/mol. The van der Waals surface area contributed by atoms with Crippen molar-refractivity contribution in [3.05, 3.63) is 28.2 Å². The predicted octanol–water partition coefficient (Wildman–Crippen LogP) is 3.62. The first-order valence-electron chi connectivity index (χ1n) is 5.79. The maximum atomic E-state index is 12.3. The van der Waals surface area contributed by atoms with E-state index in [4.69, 9.17) is 23.2 Å². The van der Waals surface area contributed by atoms with Crippen molar-refractivity contribution in [2.75, 3.05) is 11.2 Å². The Labute approximate surface area is 126 Å². The largest absolute Gasteiger partial charge is 0.274 e. The van der Waals surface area contributed by atoms with E-state index in [1.54, 1.807) is 30.0 Å². The molecule has 2 rings (SSSR count). The third kappa shape index (κ3) is 2.91. The van der Waals surface area contributed by atoms with Gasteiger partial charge in [0.15, 0.2) is 0 Å². The van der Waals surface area contributed by atoms with Crippen molar-refractivity contribution in [3.63, 3.8) is 0 Å². The van der Waals surface area contributed by atoms with Crippen LogP contribution >= 0.6 is 35.0 Å². The highest BCUT2D eigenvalue weighted by atomic mass is 35.5. The molecule has 102 valence electrons. The van der Waals surface area contributed by atoms with Gasteiger partial charge in [0.2, 0.25) is 11.8 Å². The van der Waals surface area contributed by atoms with Gasteiger partial charge in [0.25, 0.3) is 0 Å². The Morgan fingerprint density at radius 2 is 1.84 bits per heavy atom. The molecule has 3 nitrogen and oxygen atoms in total. The van der Waals surface area contributed by atoms with E-state index in [-0.39, 0.29) is 29.4 Å². The smallest absolute Gasteiger partial charge is 0.238 e. The summed E-state index contributed by atoms with van der Waals surface area (Å²) in [7, 11) is 0. The zero-order valence-electron chi connectivity index (χ0n) is 10.5. The number of thioether (sulfide) groups is 1. The van der Waals surface area contributed by atoms with Crippen LogP contribution in [-0.2, 0) is 9.59 Å². The first-order chi connectivity index (χ1) is 8.93. The number of nitrogens with zero attached hydrogens (tertiary/aromatic N) is 1. The van der Waals surface area contributed by atoms with Gasteiger partial charge in [0, 0.05) is 21.7 Å². The van der Waals surface area contributed by atoms with E-state index in [0.717, 1.165) is 0 Å². The van der Waals surface area contributed by atoms with Crippen LogP contribution in [-0.4, -0.2) is 23.3 Å². The van der Waals surface area contributed by atoms with Gasteiger partial charge in [-0.2, -0.15) is 11.8 Å². The van der Waals surface area contributed by atoms with Crippen LogP contribution in [0.1, 0.15) is 13.3 Å². The van der Waals surface area contributed by atoms with E-state index in [1.807, 2.05) is 13.2 Å². The molecule has 2 unspecified atom stereocenters. The Morgan fingerprint density at radius 1 is 1.26 bits per heavy atom. The number of carbonyl (C=O) groups excluding carboxylic acids is 2. The topological polar surface area (TPSA) is 37.4 Å². The summed E-state index contributed by atoms with van der Waals surface area (Å²) in [6, 6.07) is 4.73. The average molecular weight is 318 g/mol. The fourth-order valence-corrected chi connectivity index (χ4v) is 3.18. The van der Waals surface area contributed by atoms with Crippen molar-refractivity contribution in [2.45, 2.75) is 18.6 Å². The normalized spacial score (nSPS) is 21.1. The molecule has 2 atom stereocenters. The lowest BCUT2D eigenvalue weighted by atomic mass is 10.1. The van der Waals surface area contributed by atoms with Crippen LogP contribution in [0.15, 0.2) is 18.2 Å². The molecule has 0 aliphatic carbocycles. The van der Waals surface area contributed by atoms with Crippen molar-refractivity contribution < 1.29 is 9.59 Å². The van der Waals surface area contributed by atoms with Gasteiger partial charge in [-0.3, -0.25) is 14.5 Å². The standard InChI is InChI=1S/C13H13Cl2NO2S/c1-7(19-2)11-6-12(17)16(13(11)18)10-4-8(14)3-9(15)5-10/h3-5,7,11H,6H2,1-2H3. The number of benzene rings is 1. The third-order valence-corrected chi connectivity index (χ3v) is 4.73. The molecule has 1 aliphatic heterocycles. The number of amides is 2. The second-order valence-electron chi connectivity index (χ2n) is 4.45. The summed E-state index contributed by atoms with van der Waals surface area (Å²) in [6.45, 7) is 1.95. The van der Waals surface area contributed by atoms with Crippen LogP contribution in [0.25, 0.3) is 0 Å². The number of hydrogen-bond acceptors (Lipinski definition) is 3. The molecule has 1 fully saturated rings. The Bertz CT molecular complexity index is 515. The van der Waals surface area contributed by atoms with Crippen molar-refractivity contribution in [3.8, 4) is 0 Å². The summed E-state index contributed by atoms with van der Waals surface area (Å²) >= 11 is 13.4. The second-order valence-corrected chi connectivity index (χ2v) is 6.53. The maximum absolute atomic E-state index is 12.3. The van der Waals surface area contributed by atoms with Gasteiger partial charge in [-0.05, 0) is 24.5 Å². The molecular formula is C13H13Cl2NO2S. The van der Waals surface area contributed by atoms with Gasteiger partial charge < -0.3 is 0 Å². The molecule has 2 amide bonds. The fourth-order valence-electron chi connectivity index (χ4n) is 2.13. The lowest BCUT2D eigenvalue weighted by Gasteiger charge is -2.18. The quantitative estimate of drug-likeness (QED) is 0.799. The predicted molar refractivity (Wildman–Crippen MR) is 80.0 cm³/mol. The van der Waals surface area contributed by atoms with Crippen LogP contribution in [0.4, 0.5) is 5.69 Å². The Morgan fingerprint density at radius 3 is 2.37 bits per heavy atom. The van der Waals surface area contributed by atoms with Gasteiger partial charge in [0.05, 0.1) is 11.6 Å². The Balaban J connectivity index is 2.35. The molecule has 0 spiro atoms. The molecule has 0 radical (unpaired) electrons. The van der Waals surface area contributed by atoms with E-state index >= 15 is 0 Å². The molecule has 1 aromatic rings. The fraction of sp³-hybridized carbons (Fsp3) is 0.385. The minimum Gasteiger partial charge on any atom is -0.274 e. The zero-order chi connectivity index (χ0) is 14.2. The average Bonchev–Trinajstić information content (AvgIpc) is 2.62. The molecule has 0 saturated carbocycles. The molecule has 0 N–H and O–H groups in total. The Kier molecular flexibility index (Phi) is 4.43. The number of halogens is 2. The van der Waals surface area contributed by atoms with E-state index in [9.17, 15) is 9.59 Å². The van der Waals surface area contributed by atoms with Crippen molar-refractivity contribution in [2.24, 2.45) is 5.92 Å². The van der Waals surface area contributed by atoms with Gasteiger partial charge in [-0.1, -0.05) is 30.1 Å². The molecule has 1 heterocycles. The highest BCUT2D eigenvalue weighted by molar-refractivity contribution is 7.99. The molecule has 0 aromatic heterocycles. The van der Waals surface area contributed by atoms with Gasteiger partial charge in [0.1, 0.15) is 0 Å². The highest BCUT2D eigenvalue weighted by Crippen LogP contribution is 2.34. The lowest BCUT2D eigenvalue weighted by Crippen LogP contribution is -2.32. The number of rotatable bonds is 3. The van der Waals surface area contributed by atoms with Crippen LogP contribution in [0, 0.1) is 5.92 Å². The van der Waals surface area contributed by atoms with Gasteiger partial charge in [-0.25, -0.2) is 0 Å². The van der Waals surface area contributed by atoms with Crippen molar-refractivity contribution in [1.29, 1.82) is 0 Å². The third-order valence-electron chi connectivity index (χ3n) is 3.23. The maximum Gasteiger partial charge on any atom is 0.238 e. The first-order valence-corrected chi connectivity index (χ1v) is 7.84. The van der Waals surface area contributed by atoms with E-state index < -0.39 is 0 Å².